The van der Waals surface area contributed by atoms with Crippen molar-refractivity contribution in [2.45, 2.75) is 32.6 Å². The predicted molar refractivity (Wildman–Crippen MR) is 117 cm³/mol. The van der Waals surface area contributed by atoms with Gasteiger partial charge in [-0.05, 0) is 68.5 Å². The van der Waals surface area contributed by atoms with Crippen LogP contribution < -0.4 is 0 Å². The third-order valence-corrected chi connectivity index (χ3v) is 6.25. The van der Waals surface area contributed by atoms with Gasteiger partial charge in [0, 0.05) is 48.5 Å². The fraction of sp³-hybridized carbons (Fsp3) is 0.292. The molecule has 0 unspecified atom stereocenters. The van der Waals surface area contributed by atoms with E-state index in [0.29, 0.717) is 5.92 Å². The van der Waals surface area contributed by atoms with Crippen LogP contribution in [0.25, 0.3) is 16.9 Å². The summed E-state index contributed by atoms with van der Waals surface area (Å²) in [5, 5.41) is 1.20. The van der Waals surface area contributed by atoms with Crippen molar-refractivity contribution in [3.63, 3.8) is 0 Å². The van der Waals surface area contributed by atoms with Crippen LogP contribution >= 0.6 is 0 Å². The van der Waals surface area contributed by atoms with Gasteiger partial charge in [-0.3, -0.25) is 4.79 Å². The van der Waals surface area contributed by atoms with E-state index < -0.39 is 0 Å². The van der Waals surface area contributed by atoms with Crippen LogP contribution in [-0.2, 0) is 0 Å². The van der Waals surface area contributed by atoms with E-state index >= 15 is 0 Å². The van der Waals surface area contributed by atoms with E-state index in [-0.39, 0.29) is 5.91 Å². The van der Waals surface area contributed by atoms with Gasteiger partial charge in [0.05, 0.1) is 5.56 Å². The number of fused-ring (bicyclic) bond motifs is 1. The Morgan fingerprint density at radius 2 is 1.87 bits per heavy atom. The molecule has 5 heterocycles. The highest BCUT2D eigenvalue weighted by Crippen LogP contribution is 2.33. The second kappa shape index (κ2) is 7.44. The summed E-state index contributed by atoms with van der Waals surface area (Å²) in [5.41, 5.74) is 5.00. The smallest absolute Gasteiger partial charge is 0.255 e. The summed E-state index contributed by atoms with van der Waals surface area (Å²) < 4.78 is 2.05. The first-order valence-corrected chi connectivity index (χ1v) is 10.4. The van der Waals surface area contributed by atoms with E-state index in [9.17, 15) is 4.79 Å². The maximum Gasteiger partial charge on any atom is 0.255 e. The Hall–Kier alpha value is -3.41. The average molecular weight is 399 g/mol. The Morgan fingerprint density at radius 3 is 2.63 bits per heavy atom. The molecule has 0 spiro atoms. The number of amides is 1. The van der Waals surface area contributed by atoms with Crippen molar-refractivity contribution in [2.24, 2.45) is 0 Å². The topological polar surface area (TPSA) is 66.8 Å². The number of aromatic amines is 1. The van der Waals surface area contributed by atoms with Crippen molar-refractivity contribution in [2.75, 3.05) is 13.1 Å². The molecule has 0 aliphatic carbocycles. The first-order valence-electron chi connectivity index (χ1n) is 10.4. The van der Waals surface area contributed by atoms with E-state index in [1.807, 2.05) is 55.3 Å². The van der Waals surface area contributed by atoms with Gasteiger partial charge in [0.15, 0.2) is 0 Å². The molecule has 0 bridgehead atoms. The van der Waals surface area contributed by atoms with Crippen LogP contribution in [0.3, 0.4) is 0 Å². The Morgan fingerprint density at radius 1 is 1.07 bits per heavy atom. The number of nitrogens with one attached hydrogen (secondary N) is 1. The number of nitrogens with zero attached hydrogens (tertiary/aromatic N) is 4. The van der Waals surface area contributed by atoms with E-state index in [0.717, 1.165) is 54.3 Å². The summed E-state index contributed by atoms with van der Waals surface area (Å²) in [7, 11) is 0. The zero-order valence-electron chi connectivity index (χ0n) is 17.3. The summed E-state index contributed by atoms with van der Waals surface area (Å²) in [6, 6.07) is 11.9. The lowest BCUT2D eigenvalue weighted by atomic mass is 9.89. The molecular formula is C24H25N5O. The number of aromatic nitrogens is 4. The van der Waals surface area contributed by atoms with Gasteiger partial charge < -0.3 is 14.5 Å². The molecule has 0 aromatic carbocycles. The number of carbonyl (C=O) groups is 1. The highest BCUT2D eigenvalue weighted by Gasteiger charge is 2.28. The first kappa shape index (κ1) is 18.6. The van der Waals surface area contributed by atoms with E-state index in [4.69, 9.17) is 0 Å². The van der Waals surface area contributed by atoms with Crippen LogP contribution in [0, 0.1) is 13.8 Å². The number of piperidine rings is 1. The molecule has 4 aromatic heterocycles. The second-order valence-corrected chi connectivity index (χ2v) is 8.02. The van der Waals surface area contributed by atoms with Gasteiger partial charge in [-0.25, -0.2) is 9.97 Å². The zero-order chi connectivity index (χ0) is 20.7. The van der Waals surface area contributed by atoms with Crippen molar-refractivity contribution in [3.8, 4) is 5.82 Å². The van der Waals surface area contributed by atoms with E-state index in [2.05, 4.69) is 31.8 Å². The van der Waals surface area contributed by atoms with Crippen molar-refractivity contribution >= 4 is 16.9 Å². The molecule has 0 atom stereocenters. The molecule has 1 N–H and O–H groups in total. The average Bonchev–Trinajstić information content (AvgIpc) is 3.34. The zero-order valence-corrected chi connectivity index (χ0v) is 17.3. The highest BCUT2D eigenvalue weighted by atomic mass is 16.2. The van der Waals surface area contributed by atoms with Gasteiger partial charge in [-0.15, -0.1) is 0 Å². The van der Waals surface area contributed by atoms with Crippen LogP contribution in [0.2, 0.25) is 0 Å². The standard InChI is InChI=1S/C24H25N5O/c1-16-14-20(17(2)29(16)22-7-3-4-10-25-22)24(30)28-12-8-18(9-13-28)21-15-27-23-19(21)6-5-11-26-23/h3-7,10-11,14-15,18H,8-9,12-13H2,1-2H3,(H,26,27). The molecular weight excluding hydrogens is 374 g/mol. The highest BCUT2D eigenvalue weighted by molar-refractivity contribution is 5.96. The number of pyridine rings is 2. The molecule has 6 heteroatoms. The molecule has 1 aliphatic rings. The molecule has 6 nitrogen and oxygen atoms in total. The van der Waals surface area contributed by atoms with Crippen molar-refractivity contribution in [3.05, 3.63) is 77.5 Å². The van der Waals surface area contributed by atoms with Crippen molar-refractivity contribution < 1.29 is 4.79 Å². The largest absolute Gasteiger partial charge is 0.346 e. The Kier molecular flexibility index (Phi) is 4.62. The minimum atomic E-state index is 0.115. The molecule has 0 radical (unpaired) electrons. The molecule has 30 heavy (non-hydrogen) atoms. The van der Waals surface area contributed by atoms with Crippen LogP contribution in [0.4, 0.5) is 0 Å². The number of hydrogen-bond donors (Lipinski definition) is 1. The van der Waals surface area contributed by atoms with Gasteiger partial charge in [0.2, 0.25) is 0 Å². The number of likely N-dealkylation sites (tertiary alicyclic amines) is 1. The first-order chi connectivity index (χ1) is 14.6. The SMILES string of the molecule is Cc1cc(C(=O)N2CCC(c3c[nH]c4ncccc34)CC2)c(C)n1-c1ccccn1. The summed E-state index contributed by atoms with van der Waals surface area (Å²) >= 11 is 0. The lowest BCUT2D eigenvalue weighted by molar-refractivity contribution is 0.0712. The van der Waals surface area contributed by atoms with Crippen LogP contribution in [0.5, 0.6) is 0 Å². The van der Waals surface area contributed by atoms with Crippen LogP contribution in [-0.4, -0.2) is 43.4 Å². The summed E-state index contributed by atoms with van der Waals surface area (Å²) in [6.07, 6.45) is 7.60. The molecule has 152 valence electrons. The lowest BCUT2D eigenvalue weighted by Crippen LogP contribution is -2.38. The number of aryl methyl sites for hydroxylation is 1. The van der Waals surface area contributed by atoms with Crippen molar-refractivity contribution in [1.82, 2.24) is 24.4 Å². The van der Waals surface area contributed by atoms with E-state index in [1.54, 1.807) is 6.20 Å². The van der Waals surface area contributed by atoms with Gasteiger partial charge >= 0.3 is 0 Å². The fourth-order valence-corrected chi connectivity index (χ4v) is 4.70. The van der Waals surface area contributed by atoms with Gasteiger partial charge in [0.1, 0.15) is 11.5 Å². The quantitative estimate of drug-likeness (QED) is 0.556. The minimum absolute atomic E-state index is 0.115. The molecule has 1 saturated heterocycles. The van der Waals surface area contributed by atoms with Crippen LogP contribution in [0.1, 0.15) is 46.1 Å². The third-order valence-electron chi connectivity index (χ3n) is 6.25. The maximum absolute atomic E-state index is 13.3. The fourth-order valence-electron chi connectivity index (χ4n) is 4.70. The number of hydrogen-bond acceptors (Lipinski definition) is 3. The maximum atomic E-state index is 13.3. The molecule has 5 rings (SSSR count). The number of carbonyl (C=O) groups excluding carboxylic acids is 1. The molecule has 1 aliphatic heterocycles. The Labute approximate surface area is 175 Å². The van der Waals surface area contributed by atoms with Crippen molar-refractivity contribution in [1.29, 1.82) is 0 Å². The molecule has 4 aromatic rings. The Bertz CT molecular complexity index is 1200. The number of H-pyrrole nitrogens is 1. The second-order valence-electron chi connectivity index (χ2n) is 8.02. The normalized spacial score (nSPS) is 15.1. The predicted octanol–water partition coefficient (Wildman–Crippen LogP) is 4.39. The molecule has 1 amide bonds. The van der Waals surface area contributed by atoms with Crippen LogP contribution in [0.15, 0.2) is 55.0 Å². The van der Waals surface area contributed by atoms with Gasteiger partial charge in [-0.1, -0.05) is 6.07 Å². The Balaban J connectivity index is 1.34. The number of rotatable bonds is 3. The summed E-state index contributed by atoms with van der Waals surface area (Å²) in [4.78, 5) is 27.4. The summed E-state index contributed by atoms with van der Waals surface area (Å²) in [6.45, 7) is 5.56. The lowest BCUT2D eigenvalue weighted by Gasteiger charge is -2.32. The minimum Gasteiger partial charge on any atom is -0.346 e. The monoisotopic (exact) mass is 399 g/mol. The van der Waals surface area contributed by atoms with E-state index in [1.165, 1.54) is 10.9 Å². The van der Waals surface area contributed by atoms with Gasteiger partial charge in [0.25, 0.3) is 5.91 Å². The van der Waals surface area contributed by atoms with Gasteiger partial charge in [-0.2, -0.15) is 0 Å². The molecule has 1 fully saturated rings. The third kappa shape index (κ3) is 3.09. The summed E-state index contributed by atoms with van der Waals surface area (Å²) in [5.74, 6) is 1.41. The molecule has 0 saturated carbocycles.